The Kier molecular flexibility index (Phi) is 7.01. The Hall–Kier alpha value is -3.69. The van der Waals surface area contributed by atoms with Crippen molar-refractivity contribution in [2.45, 2.75) is 12.8 Å². The molecule has 0 bridgehead atoms. The Morgan fingerprint density at radius 1 is 0.968 bits per heavy atom. The lowest BCUT2D eigenvalue weighted by Crippen LogP contribution is -2.49. The lowest BCUT2D eigenvalue weighted by Gasteiger charge is -2.28. The Labute approximate surface area is 179 Å². The van der Waals surface area contributed by atoms with Gasteiger partial charge in [-0.05, 0) is 24.6 Å². The van der Waals surface area contributed by atoms with Crippen molar-refractivity contribution in [3.63, 3.8) is 0 Å². The molecule has 1 saturated heterocycles. The summed E-state index contributed by atoms with van der Waals surface area (Å²) in [6.45, 7) is 0.555. The molecule has 10 heteroatoms. The van der Waals surface area contributed by atoms with E-state index in [4.69, 9.17) is 18.6 Å². The highest BCUT2D eigenvalue weighted by Gasteiger charge is 2.31. The summed E-state index contributed by atoms with van der Waals surface area (Å²) in [7, 11) is 4.49. The number of ether oxygens (including phenoxy) is 3. The summed E-state index contributed by atoms with van der Waals surface area (Å²) < 4.78 is 21.1. The van der Waals surface area contributed by atoms with Gasteiger partial charge in [-0.25, -0.2) is 5.01 Å². The van der Waals surface area contributed by atoms with Gasteiger partial charge in [0.1, 0.15) is 0 Å². The lowest BCUT2D eigenvalue weighted by molar-refractivity contribution is -0.156. The molecule has 0 radical (unpaired) electrons. The molecule has 166 valence electrons. The third-order valence-electron chi connectivity index (χ3n) is 4.88. The lowest BCUT2D eigenvalue weighted by atomic mass is 10.1. The monoisotopic (exact) mass is 431 g/mol. The van der Waals surface area contributed by atoms with Crippen molar-refractivity contribution in [3.05, 3.63) is 41.9 Å². The van der Waals surface area contributed by atoms with Crippen LogP contribution in [0.25, 0.3) is 0 Å². The first-order chi connectivity index (χ1) is 15.0. The van der Waals surface area contributed by atoms with Gasteiger partial charge in [-0.15, -0.1) is 0 Å². The fourth-order valence-corrected chi connectivity index (χ4v) is 3.43. The highest BCUT2D eigenvalue weighted by Crippen LogP contribution is 2.40. The van der Waals surface area contributed by atoms with Gasteiger partial charge < -0.3 is 23.9 Å². The highest BCUT2D eigenvalue weighted by molar-refractivity contribution is 5.94. The van der Waals surface area contributed by atoms with Gasteiger partial charge in [0.2, 0.25) is 11.7 Å². The first-order valence-corrected chi connectivity index (χ1v) is 9.70. The second kappa shape index (κ2) is 9.88. The zero-order valence-corrected chi connectivity index (χ0v) is 17.7. The average molecular weight is 431 g/mol. The van der Waals surface area contributed by atoms with Crippen LogP contribution in [0.5, 0.6) is 17.2 Å². The predicted octanol–water partition coefficient (Wildman–Crippen LogP) is 1.25. The van der Waals surface area contributed by atoms with Crippen LogP contribution in [0, 0.1) is 0 Å². The number of rotatable bonds is 8. The number of furan rings is 1. The maximum absolute atomic E-state index is 13.0. The molecule has 1 aliphatic heterocycles. The van der Waals surface area contributed by atoms with Crippen LogP contribution < -0.4 is 19.5 Å². The molecule has 3 rings (SSSR count). The molecule has 1 fully saturated rings. The minimum absolute atomic E-state index is 0.00601. The molecule has 0 saturated carbocycles. The second-order valence-electron chi connectivity index (χ2n) is 6.72. The van der Waals surface area contributed by atoms with E-state index in [1.54, 1.807) is 18.2 Å². The van der Waals surface area contributed by atoms with Gasteiger partial charge in [0.25, 0.3) is 11.8 Å². The molecule has 31 heavy (non-hydrogen) atoms. The Balaban J connectivity index is 1.67. The SMILES string of the molecule is COc1ccc(CC(=O)N2CCCN2C(=O)CNC(=O)c2ccco2)c(OC)c1OC. The van der Waals surface area contributed by atoms with Crippen LogP contribution in [-0.2, 0) is 16.0 Å². The minimum Gasteiger partial charge on any atom is -0.493 e. The average Bonchev–Trinajstić information content (AvgIpc) is 3.49. The second-order valence-corrected chi connectivity index (χ2v) is 6.72. The van der Waals surface area contributed by atoms with E-state index in [0.29, 0.717) is 42.3 Å². The van der Waals surface area contributed by atoms with Gasteiger partial charge in [0, 0.05) is 18.7 Å². The van der Waals surface area contributed by atoms with Crippen molar-refractivity contribution in [3.8, 4) is 17.2 Å². The normalized spacial score (nSPS) is 13.1. The molecule has 0 unspecified atom stereocenters. The zero-order chi connectivity index (χ0) is 22.4. The zero-order valence-electron chi connectivity index (χ0n) is 17.7. The van der Waals surface area contributed by atoms with E-state index in [1.165, 1.54) is 43.7 Å². The third-order valence-corrected chi connectivity index (χ3v) is 4.88. The summed E-state index contributed by atoms with van der Waals surface area (Å²) in [6.07, 6.45) is 2.03. The molecule has 1 aromatic carbocycles. The van der Waals surface area contributed by atoms with Crippen LogP contribution in [0.15, 0.2) is 34.9 Å². The Morgan fingerprint density at radius 3 is 2.29 bits per heavy atom. The first-order valence-electron chi connectivity index (χ1n) is 9.70. The smallest absolute Gasteiger partial charge is 0.287 e. The number of benzene rings is 1. The number of methoxy groups -OCH3 is 3. The standard InChI is InChI=1S/C21H25N3O7/c1-28-15-8-7-14(19(29-2)20(15)30-3)12-17(25)23-9-5-10-24(23)18(26)13-22-21(27)16-6-4-11-31-16/h4,6-8,11H,5,9-10,12-13H2,1-3H3,(H,22,27). The summed E-state index contributed by atoms with van der Waals surface area (Å²) in [5.41, 5.74) is 0.607. The molecule has 2 heterocycles. The first kappa shape index (κ1) is 22.0. The van der Waals surface area contributed by atoms with Crippen LogP contribution in [0.1, 0.15) is 22.5 Å². The number of nitrogens with one attached hydrogen (secondary N) is 1. The van der Waals surface area contributed by atoms with Crippen molar-refractivity contribution in [2.24, 2.45) is 0 Å². The molecule has 0 spiro atoms. The number of nitrogens with zero attached hydrogens (tertiary/aromatic N) is 2. The van der Waals surface area contributed by atoms with E-state index in [2.05, 4.69) is 5.32 Å². The topological polar surface area (TPSA) is 111 Å². The molecule has 0 aliphatic carbocycles. The van der Waals surface area contributed by atoms with Crippen LogP contribution in [-0.4, -0.2) is 68.7 Å². The maximum Gasteiger partial charge on any atom is 0.287 e. The van der Waals surface area contributed by atoms with Gasteiger partial charge >= 0.3 is 0 Å². The summed E-state index contributed by atoms with van der Waals surface area (Å²) in [5, 5.41) is 5.26. The molecule has 2 aromatic rings. The third kappa shape index (κ3) is 4.73. The molecular weight excluding hydrogens is 406 g/mol. The molecule has 0 atom stereocenters. The number of amides is 3. The Morgan fingerprint density at radius 2 is 1.68 bits per heavy atom. The van der Waals surface area contributed by atoms with E-state index < -0.39 is 5.91 Å². The van der Waals surface area contributed by atoms with E-state index in [0.717, 1.165) is 0 Å². The quantitative estimate of drug-likeness (QED) is 0.670. The summed E-state index contributed by atoms with van der Waals surface area (Å²) in [6, 6.07) is 6.51. The van der Waals surface area contributed by atoms with Crippen molar-refractivity contribution >= 4 is 17.7 Å². The molecule has 1 aromatic heterocycles. The summed E-state index contributed by atoms with van der Waals surface area (Å²) in [4.78, 5) is 37.6. The van der Waals surface area contributed by atoms with Gasteiger partial charge in [-0.3, -0.25) is 19.4 Å². The Bertz CT molecular complexity index is 943. The number of carbonyl (C=O) groups excluding carboxylic acids is 3. The predicted molar refractivity (Wildman–Crippen MR) is 109 cm³/mol. The van der Waals surface area contributed by atoms with Crippen molar-refractivity contribution in [1.82, 2.24) is 15.3 Å². The number of hydrogen-bond acceptors (Lipinski definition) is 7. The fourth-order valence-electron chi connectivity index (χ4n) is 3.43. The van der Waals surface area contributed by atoms with Crippen LogP contribution >= 0.6 is 0 Å². The molecule has 1 aliphatic rings. The van der Waals surface area contributed by atoms with Gasteiger partial charge in [-0.2, -0.15) is 0 Å². The van der Waals surface area contributed by atoms with Gasteiger partial charge in [0.15, 0.2) is 17.3 Å². The van der Waals surface area contributed by atoms with Gasteiger partial charge in [-0.1, -0.05) is 6.07 Å². The van der Waals surface area contributed by atoms with Crippen molar-refractivity contribution in [2.75, 3.05) is 41.0 Å². The van der Waals surface area contributed by atoms with Gasteiger partial charge in [0.05, 0.1) is 40.6 Å². The van der Waals surface area contributed by atoms with Crippen LogP contribution in [0.4, 0.5) is 0 Å². The number of hydrogen-bond donors (Lipinski definition) is 1. The van der Waals surface area contributed by atoms with E-state index >= 15 is 0 Å². The molecular formula is C21H25N3O7. The van der Waals surface area contributed by atoms with Crippen LogP contribution in [0.3, 0.4) is 0 Å². The maximum atomic E-state index is 13.0. The largest absolute Gasteiger partial charge is 0.493 e. The highest BCUT2D eigenvalue weighted by atomic mass is 16.5. The molecule has 10 nitrogen and oxygen atoms in total. The fraction of sp³-hybridized carbons (Fsp3) is 0.381. The molecule has 3 amide bonds. The van der Waals surface area contributed by atoms with E-state index in [-0.39, 0.29) is 30.5 Å². The van der Waals surface area contributed by atoms with Crippen molar-refractivity contribution < 1.29 is 33.0 Å². The minimum atomic E-state index is -0.495. The van der Waals surface area contributed by atoms with Crippen LogP contribution in [0.2, 0.25) is 0 Å². The number of carbonyl (C=O) groups is 3. The summed E-state index contributed by atoms with van der Waals surface area (Å²) in [5.74, 6) is 0.246. The molecule has 1 N–H and O–H groups in total. The summed E-state index contributed by atoms with van der Waals surface area (Å²) >= 11 is 0. The van der Waals surface area contributed by atoms with E-state index in [1.807, 2.05) is 0 Å². The van der Waals surface area contributed by atoms with Crippen molar-refractivity contribution in [1.29, 1.82) is 0 Å². The number of hydrazine groups is 1. The van der Waals surface area contributed by atoms with E-state index in [9.17, 15) is 14.4 Å².